The molecule has 1 N–H and O–H groups in total. The van der Waals surface area contributed by atoms with Crippen molar-refractivity contribution in [2.75, 3.05) is 41.3 Å². The standard InChI is InChI=1S/C14H21Cl2N3O3S/c1-18(2)7-5-6-17-14(20)10-8-13(12(16)9-11(10)15)23(21,22)19(3)4/h8-9H,5-7H2,1-4H3,(H,17,20). The zero-order valence-electron chi connectivity index (χ0n) is 13.6. The van der Waals surface area contributed by atoms with Gasteiger partial charge in [0.25, 0.3) is 5.91 Å². The lowest BCUT2D eigenvalue weighted by molar-refractivity contribution is 0.0952. The summed E-state index contributed by atoms with van der Waals surface area (Å²) in [7, 11) is 2.90. The van der Waals surface area contributed by atoms with E-state index >= 15 is 0 Å². The Balaban J connectivity index is 3.02. The lowest BCUT2D eigenvalue weighted by Crippen LogP contribution is -2.28. The van der Waals surface area contributed by atoms with Gasteiger partial charge in [-0.05, 0) is 39.2 Å². The Morgan fingerprint density at radius 3 is 2.26 bits per heavy atom. The van der Waals surface area contributed by atoms with Crippen LogP contribution < -0.4 is 5.32 Å². The zero-order valence-corrected chi connectivity index (χ0v) is 15.9. The quantitative estimate of drug-likeness (QED) is 0.732. The number of carbonyl (C=O) groups excluding carboxylic acids is 1. The number of nitrogens with zero attached hydrogens (tertiary/aromatic N) is 2. The van der Waals surface area contributed by atoms with Gasteiger partial charge in [0.15, 0.2) is 0 Å². The maximum Gasteiger partial charge on any atom is 0.252 e. The molecule has 0 spiro atoms. The molecule has 0 bridgehead atoms. The number of halogens is 2. The van der Waals surface area contributed by atoms with Crippen molar-refractivity contribution in [1.29, 1.82) is 0 Å². The number of sulfonamides is 1. The Morgan fingerprint density at radius 2 is 1.74 bits per heavy atom. The molecule has 0 aromatic heterocycles. The molecule has 1 amide bonds. The summed E-state index contributed by atoms with van der Waals surface area (Å²) >= 11 is 12.0. The Hall–Kier alpha value is -0.860. The first-order chi connectivity index (χ1) is 10.6. The molecule has 0 radical (unpaired) electrons. The predicted octanol–water partition coefficient (Wildman–Crippen LogP) is 1.93. The highest BCUT2D eigenvalue weighted by Crippen LogP contribution is 2.30. The van der Waals surface area contributed by atoms with Gasteiger partial charge < -0.3 is 10.2 Å². The number of benzene rings is 1. The third-order valence-corrected chi connectivity index (χ3v) is 5.68. The summed E-state index contributed by atoms with van der Waals surface area (Å²) in [5, 5.41) is 2.81. The Bertz CT molecular complexity index is 676. The molecule has 0 aliphatic rings. The fourth-order valence-corrected chi connectivity index (χ4v) is 3.52. The van der Waals surface area contributed by atoms with Crippen LogP contribution >= 0.6 is 23.2 Å². The lowest BCUT2D eigenvalue weighted by atomic mass is 10.2. The van der Waals surface area contributed by atoms with E-state index in [0.29, 0.717) is 6.54 Å². The van der Waals surface area contributed by atoms with Gasteiger partial charge in [-0.15, -0.1) is 0 Å². The first-order valence-corrected chi connectivity index (χ1v) is 9.11. The van der Waals surface area contributed by atoms with Gasteiger partial charge in [-0.3, -0.25) is 4.79 Å². The molecule has 0 saturated heterocycles. The Labute approximate surface area is 147 Å². The SMILES string of the molecule is CN(C)CCCNC(=O)c1cc(S(=O)(=O)N(C)C)c(Cl)cc1Cl. The highest BCUT2D eigenvalue weighted by atomic mass is 35.5. The van der Waals surface area contributed by atoms with Crippen molar-refractivity contribution >= 4 is 39.1 Å². The second-order valence-electron chi connectivity index (χ2n) is 5.46. The molecule has 1 aromatic carbocycles. The van der Waals surface area contributed by atoms with E-state index in [1.807, 2.05) is 19.0 Å². The average molecular weight is 382 g/mol. The molecule has 0 unspecified atom stereocenters. The van der Waals surface area contributed by atoms with Crippen LogP contribution in [0.1, 0.15) is 16.8 Å². The summed E-state index contributed by atoms with van der Waals surface area (Å²) in [4.78, 5) is 14.1. The Kier molecular flexibility index (Phi) is 7.29. The smallest absolute Gasteiger partial charge is 0.252 e. The molecule has 6 nitrogen and oxygen atoms in total. The predicted molar refractivity (Wildman–Crippen MR) is 92.8 cm³/mol. The van der Waals surface area contributed by atoms with Crippen molar-refractivity contribution in [3.63, 3.8) is 0 Å². The van der Waals surface area contributed by atoms with Crippen LogP contribution in [0.5, 0.6) is 0 Å². The number of rotatable bonds is 7. The highest BCUT2D eigenvalue weighted by Gasteiger charge is 2.24. The van der Waals surface area contributed by atoms with Crippen LogP contribution in [0, 0.1) is 0 Å². The molecule has 0 saturated carbocycles. The van der Waals surface area contributed by atoms with Crippen molar-refractivity contribution < 1.29 is 13.2 Å². The zero-order chi connectivity index (χ0) is 17.8. The summed E-state index contributed by atoms with van der Waals surface area (Å²) in [6.07, 6.45) is 0.771. The van der Waals surface area contributed by atoms with Gasteiger partial charge in [-0.2, -0.15) is 0 Å². The fraction of sp³-hybridized carbons (Fsp3) is 0.500. The van der Waals surface area contributed by atoms with E-state index < -0.39 is 15.9 Å². The first-order valence-electron chi connectivity index (χ1n) is 6.92. The molecule has 0 atom stereocenters. The summed E-state index contributed by atoms with van der Waals surface area (Å²) < 4.78 is 25.5. The molecule has 0 fully saturated rings. The third kappa shape index (κ3) is 5.32. The van der Waals surface area contributed by atoms with Gasteiger partial charge in [0.2, 0.25) is 10.0 Å². The number of amides is 1. The summed E-state index contributed by atoms with van der Waals surface area (Å²) in [5.74, 6) is -0.430. The fourth-order valence-electron chi connectivity index (χ4n) is 1.79. The van der Waals surface area contributed by atoms with E-state index in [0.717, 1.165) is 17.3 Å². The van der Waals surface area contributed by atoms with Crippen LogP contribution in [0.2, 0.25) is 10.0 Å². The molecular weight excluding hydrogens is 361 g/mol. The van der Waals surface area contributed by atoms with Crippen LogP contribution in [-0.2, 0) is 10.0 Å². The largest absolute Gasteiger partial charge is 0.352 e. The number of carbonyl (C=O) groups is 1. The Morgan fingerprint density at radius 1 is 1.13 bits per heavy atom. The summed E-state index contributed by atoms with van der Waals surface area (Å²) in [5.41, 5.74) is 0.0846. The second-order valence-corrected chi connectivity index (χ2v) is 8.40. The van der Waals surface area contributed by atoms with Crippen molar-refractivity contribution in [3.05, 3.63) is 27.7 Å². The van der Waals surface area contributed by atoms with Gasteiger partial charge in [-0.1, -0.05) is 23.2 Å². The topological polar surface area (TPSA) is 69.7 Å². The van der Waals surface area contributed by atoms with Crippen LogP contribution in [-0.4, -0.2) is 64.8 Å². The third-order valence-electron chi connectivity index (χ3n) is 3.09. The van der Waals surface area contributed by atoms with Crippen LogP contribution in [0.3, 0.4) is 0 Å². The van der Waals surface area contributed by atoms with Crippen molar-refractivity contribution in [2.45, 2.75) is 11.3 Å². The molecule has 9 heteroatoms. The molecule has 0 aliphatic heterocycles. The monoisotopic (exact) mass is 381 g/mol. The maximum absolute atomic E-state index is 12.2. The van der Waals surface area contributed by atoms with Crippen molar-refractivity contribution in [1.82, 2.24) is 14.5 Å². The van der Waals surface area contributed by atoms with Crippen molar-refractivity contribution in [2.24, 2.45) is 0 Å². The normalized spacial score (nSPS) is 12.0. The van der Waals surface area contributed by atoms with E-state index in [9.17, 15) is 13.2 Å². The van der Waals surface area contributed by atoms with E-state index in [1.54, 1.807) is 0 Å². The van der Waals surface area contributed by atoms with E-state index in [-0.39, 0.29) is 20.5 Å². The van der Waals surface area contributed by atoms with E-state index in [2.05, 4.69) is 5.32 Å². The van der Waals surface area contributed by atoms with Crippen LogP contribution in [0.15, 0.2) is 17.0 Å². The van der Waals surface area contributed by atoms with Gasteiger partial charge in [0, 0.05) is 20.6 Å². The van der Waals surface area contributed by atoms with Gasteiger partial charge in [0.05, 0.1) is 15.6 Å². The van der Waals surface area contributed by atoms with Crippen molar-refractivity contribution in [3.8, 4) is 0 Å². The van der Waals surface area contributed by atoms with E-state index in [1.165, 1.54) is 26.2 Å². The first kappa shape index (κ1) is 20.2. The lowest BCUT2D eigenvalue weighted by Gasteiger charge is -2.15. The molecule has 0 heterocycles. The highest BCUT2D eigenvalue weighted by molar-refractivity contribution is 7.89. The maximum atomic E-state index is 12.2. The number of hydrogen-bond acceptors (Lipinski definition) is 4. The van der Waals surface area contributed by atoms with Crippen LogP contribution in [0.4, 0.5) is 0 Å². The molecule has 130 valence electrons. The minimum atomic E-state index is -3.76. The average Bonchev–Trinajstić information content (AvgIpc) is 2.42. The second kappa shape index (κ2) is 8.30. The van der Waals surface area contributed by atoms with E-state index in [4.69, 9.17) is 23.2 Å². The van der Waals surface area contributed by atoms with Gasteiger partial charge in [0.1, 0.15) is 4.90 Å². The number of hydrogen-bond donors (Lipinski definition) is 1. The minimum Gasteiger partial charge on any atom is -0.352 e. The van der Waals surface area contributed by atoms with Gasteiger partial charge in [-0.25, -0.2) is 12.7 Å². The van der Waals surface area contributed by atoms with Crippen LogP contribution in [0.25, 0.3) is 0 Å². The molecular formula is C14H21Cl2N3O3S. The summed E-state index contributed by atoms with van der Waals surface area (Å²) in [6, 6.07) is 2.48. The molecule has 0 aliphatic carbocycles. The summed E-state index contributed by atoms with van der Waals surface area (Å²) in [6.45, 7) is 1.29. The number of nitrogens with one attached hydrogen (secondary N) is 1. The molecule has 1 aromatic rings. The van der Waals surface area contributed by atoms with Gasteiger partial charge >= 0.3 is 0 Å². The minimum absolute atomic E-state index is 0.0205. The molecule has 23 heavy (non-hydrogen) atoms. The molecule has 1 rings (SSSR count).